The van der Waals surface area contributed by atoms with Crippen LogP contribution in [0.4, 0.5) is 0 Å². The van der Waals surface area contributed by atoms with Crippen molar-refractivity contribution in [3.8, 4) is 95.5 Å². The summed E-state index contributed by atoms with van der Waals surface area (Å²) in [5.41, 5.74) is 17.4. The highest BCUT2D eigenvalue weighted by Gasteiger charge is 2.20. The monoisotopic (exact) mass is 960 g/mol. The van der Waals surface area contributed by atoms with E-state index in [1.165, 1.54) is 42.1 Å². The van der Waals surface area contributed by atoms with Gasteiger partial charge in [0.2, 0.25) is 0 Å². The second-order valence-corrected chi connectivity index (χ2v) is 19.9. The van der Waals surface area contributed by atoms with Gasteiger partial charge in [-0.3, -0.25) is 0 Å². The molecule has 0 amide bonds. The average Bonchev–Trinajstić information content (AvgIpc) is 4.06. The molecule has 3 heterocycles. The molecule has 0 aliphatic rings. The van der Waals surface area contributed by atoms with Gasteiger partial charge in [-0.1, -0.05) is 188 Å². The van der Waals surface area contributed by atoms with Gasteiger partial charge in [-0.15, -0.1) is 11.3 Å². The molecule has 11 aromatic carbocycles. The van der Waals surface area contributed by atoms with Gasteiger partial charge in [-0.05, 0) is 134 Å². The molecule has 0 aliphatic heterocycles. The molecule has 4 nitrogen and oxygen atoms in total. The van der Waals surface area contributed by atoms with E-state index in [-0.39, 0.29) is 0 Å². The zero-order valence-electron chi connectivity index (χ0n) is 40.1. The van der Waals surface area contributed by atoms with Crippen molar-refractivity contribution in [3.05, 3.63) is 267 Å². The quantitative estimate of drug-likeness (QED) is 0.145. The maximum atomic E-state index is 5.42. The summed E-state index contributed by atoms with van der Waals surface area (Å²) in [7, 11) is 0. The van der Waals surface area contributed by atoms with Crippen molar-refractivity contribution in [2.45, 2.75) is 0 Å². The standard InChI is InChI=1S/C69H44N4S/c1-5-18-45(19-6-1)49-34-36-62-61(44-49)66-58(31-17-32-63(66)73(62)57-28-11-4-12-29-57)51-25-16-27-53(39-51)68-70-67(52-26-15-24-48(38-52)50-35-37-65-60(43-50)59-30-13-14-33-64(59)74-65)71-69(72-68)56-41-54(46-20-7-2-8-21-46)40-55(42-56)47-22-9-3-10-23-47/h1-44H. The molecule has 14 aromatic rings. The van der Waals surface area contributed by atoms with Crippen LogP contribution in [0.2, 0.25) is 0 Å². The average molecular weight is 961 g/mol. The Morgan fingerprint density at radius 1 is 0.257 bits per heavy atom. The molecule has 0 bridgehead atoms. The largest absolute Gasteiger partial charge is 0.309 e. The Hall–Kier alpha value is -9.55. The van der Waals surface area contributed by atoms with E-state index in [1.807, 2.05) is 11.3 Å². The van der Waals surface area contributed by atoms with Crippen molar-refractivity contribution in [2.75, 3.05) is 0 Å². The summed E-state index contributed by atoms with van der Waals surface area (Å²) in [4.78, 5) is 16.2. The van der Waals surface area contributed by atoms with Gasteiger partial charge in [0.25, 0.3) is 0 Å². The number of hydrogen-bond donors (Lipinski definition) is 0. The van der Waals surface area contributed by atoms with Gasteiger partial charge in [0.15, 0.2) is 17.5 Å². The molecule has 0 saturated heterocycles. The Morgan fingerprint density at radius 3 is 1.38 bits per heavy atom. The van der Waals surface area contributed by atoms with Gasteiger partial charge in [0.05, 0.1) is 11.0 Å². The summed E-state index contributed by atoms with van der Waals surface area (Å²) in [6, 6.07) is 95.4. The van der Waals surface area contributed by atoms with Crippen LogP contribution in [-0.4, -0.2) is 19.5 Å². The molecule has 3 aromatic heterocycles. The van der Waals surface area contributed by atoms with Crippen molar-refractivity contribution >= 4 is 53.3 Å². The summed E-state index contributed by atoms with van der Waals surface area (Å²) in [5.74, 6) is 1.80. The Morgan fingerprint density at radius 2 is 0.703 bits per heavy atom. The van der Waals surface area contributed by atoms with Crippen LogP contribution in [0.25, 0.3) is 137 Å². The van der Waals surface area contributed by atoms with Crippen molar-refractivity contribution in [2.24, 2.45) is 0 Å². The topological polar surface area (TPSA) is 43.6 Å². The smallest absolute Gasteiger partial charge is 0.164 e. The fraction of sp³-hybridized carbons (Fsp3) is 0. The van der Waals surface area contributed by atoms with E-state index in [4.69, 9.17) is 15.0 Å². The minimum atomic E-state index is 0.597. The van der Waals surface area contributed by atoms with Gasteiger partial charge >= 0.3 is 0 Å². The first-order valence-corrected chi connectivity index (χ1v) is 25.8. The number of fused-ring (bicyclic) bond motifs is 6. The van der Waals surface area contributed by atoms with E-state index in [9.17, 15) is 0 Å². The Labute approximate surface area is 432 Å². The lowest BCUT2D eigenvalue weighted by Gasteiger charge is -2.13. The van der Waals surface area contributed by atoms with Crippen LogP contribution in [0.5, 0.6) is 0 Å². The number of rotatable bonds is 9. The minimum absolute atomic E-state index is 0.597. The molecule has 0 N–H and O–H groups in total. The van der Waals surface area contributed by atoms with Crippen LogP contribution in [0, 0.1) is 0 Å². The minimum Gasteiger partial charge on any atom is -0.309 e. The Bertz CT molecular complexity index is 4350. The molecule has 14 rings (SSSR count). The van der Waals surface area contributed by atoms with Gasteiger partial charge < -0.3 is 4.57 Å². The van der Waals surface area contributed by atoms with Crippen molar-refractivity contribution in [1.29, 1.82) is 0 Å². The highest BCUT2D eigenvalue weighted by Crippen LogP contribution is 2.42. The zero-order valence-corrected chi connectivity index (χ0v) is 40.9. The number of benzene rings is 11. The van der Waals surface area contributed by atoms with Crippen molar-refractivity contribution in [1.82, 2.24) is 19.5 Å². The number of nitrogens with zero attached hydrogens (tertiary/aromatic N) is 4. The fourth-order valence-electron chi connectivity index (χ4n) is 10.7. The first-order chi connectivity index (χ1) is 36.6. The van der Waals surface area contributed by atoms with Gasteiger partial charge in [-0.2, -0.15) is 0 Å². The second kappa shape index (κ2) is 18.2. The summed E-state index contributed by atoms with van der Waals surface area (Å²) in [5, 5.41) is 4.93. The van der Waals surface area contributed by atoms with E-state index < -0.39 is 0 Å². The van der Waals surface area contributed by atoms with Crippen LogP contribution in [0.1, 0.15) is 0 Å². The van der Waals surface area contributed by atoms with E-state index in [0.29, 0.717) is 17.5 Å². The predicted octanol–water partition coefficient (Wildman–Crippen LogP) is 18.7. The summed E-state index contributed by atoms with van der Waals surface area (Å²) >= 11 is 1.84. The highest BCUT2D eigenvalue weighted by atomic mass is 32.1. The molecular formula is C69H44N4S. The Kier molecular flexibility index (Phi) is 10.7. The van der Waals surface area contributed by atoms with Crippen LogP contribution in [0.3, 0.4) is 0 Å². The van der Waals surface area contributed by atoms with Crippen molar-refractivity contribution in [3.63, 3.8) is 0 Å². The normalized spacial score (nSPS) is 11.5. The molecule has 0 saturated carbocycles. The van der Waals surface area contributed by atoms with Crippen LogP contribution in [-0.2, 0) is 0 Å². The van der Waals surface area contributed by atoms with Crippen LogP contribution >= 0.6 is 11.3 Å². The number of aromatic nitrogens is 4. The molecule has 0 unspecified atom stereocenters. The maximum absolute atomic E-state index is 5.42. The van der Waals surface area contributed by atoms with Crippen LogP contribution < -0.4 is 0 Å². The molecule has 0 spiro atoms. The molecule has 0 radical (unpaired) electrons. The van der Waals surface area contributed by atoms with E-state index in [1.54, 1.807) is 0 Å². The molecule has 346 valence electrons. The zero-order chi connectivity index (χ0) is 49.0. The van der Waals surface area contributed by atoms with Crippen LogP contribution in [0.15, 0.2) is 267 Å². The molecular weight excluding hydrogens is 917 g/mol. The van der Waals surface area contributed by atoms with Gasteiger partial charge in [0, 0.05) is 53.3 Å². The maximum Gasteiger partial charge on any atom is 0.164 e. The van der Waals surface area contributed by atoms with Gasteiger partial charge in [-0.25, -0.2) is 15.0 Å². The number of hydrogen-bond acceptors (Lipinski definition) is 4. The third kappa shape index (κ3) is 7.84. The summed E-state index contributed by atoms with van der Waals surface area (Å²) in [6.45, 7) is 0. The lowest BCUT2D eigenvalue weighted by molar-refractivity contribution is 1.07. The third-order valence-corrected chi connectivity index (χ3v) is 15.4. The van der Waals surface area contributed by atoms with Crippen molar-refractivity contribution < 1.29 is 0 Å². The van der Waals surface area contributed by atoms with Gasteiger partial charge in [0.1, 0.15) is 0 Å². The Balaban J connectivity index is 0.959. The lowest BCUT2D eigenvalue weighted by Crippen LogP contribution is -2.01. The molecule has 5 heteroatoms. The fourth-order valence-corrected chi connectivity index (χ4v) is 11.7. The third-order valence-electron chi connectivity index (χ3n) is 14.2. The van der Waals surface area contributed by atoms with E-state index in [0.717, 1.165) is 77.9 Å². The summed E-state index contributed by atoms with van der Waals surface area (Å²) < 4.78 is 4.96. The highest BCUT2D eigenvalue weighted by molar-refractivity contribution is 7.25. The van der Waals surface area contributed by atoms with E-state index >= 15 is 0 Å². The predicted molar refractivity (Wildman–Crippen MR) is 311 cm³/mol. The lowest BCUT2D eigenvalue weighted by atomic mass is 9.95. The summed E-state index contributed by atoms with van der Waals surface area (Å²) in [6.07, 6.45) is 0. The SMILES string of the molecule is c1ccc(-c2cc(-c3ccccc3)cc(-c3nc(-c4cccc(-c5ccc6sc7ccccc7c6c5)c4)nc(-c4cccc(-c5cccc6c5c5cc(-c7ccccc7)ccc5n6-c5ccccc5)c4)n3)c2)cc1. The molecule has 0 fully saturated rings. The first-order valence-electron chi connectivity index (χ1n) is 25.0. The number of para-hydroxylation sites is 1. The van der Waals surface area contributed by atoms with E-state index in [2.05, 4.69) is 271 Å². The molecule has 0 aliphatic carbocycles. The second-order valence-electron chi connectivity index (χ2n) is 18.8. The number of thiophene rings is 1. The molecule has 74 heavy (non-hydrogen) atoms. The molecule has 0 atom stereocenters. The first kappa shape index (κ1) is 43.3.